The van der Waals surface area contributed by atoms with E-state index in [4.69, 9.17) is 10.6 Å². The minimum Gasteiger partial charge on any atom is -0.477 e. The smallest absolute Gasteiger partial charge is 0.353 e. The second-order valence-electron chi connectivity index (χ2n) is 6.93. The van der Waals surface area contributed by atoms with E-state index in [1.165, 1.54) is 36.0 Å². The number of nitrogens with zero attached hydrogens (tertiary/aromatic N) is 5. The molecule has 184 valence electrons. The number of hydrogen-bond donors (Lipinski definition) is 4. The minimum absolute atomic E-state index is 0.0446. The lowest BCUT2D eigenvalue weighted by molar-refractivity contribution is -0.150. The van der Waals surface area contributed by atoms with E-state index >= 15 is 0 Å². The lowest BCUT2D eigenvalue weighted by atomic mass is 10.0. The molecule has 2 atom stereocenters. The minimum atomic E-state index is -1.37. The van der Waals surface area contributed by atoms with Crippen molar-refractivity contribution >= 4 is 63.5 Å². The van der Waals surface area contributed by atoms with Crippen LogP contribution < -0.4 is 22.2 Å². The van der Waals surface area contributed by atoms with Crippen LogP contribution >= 0.6 is 34.9 Å². The van der Waals surface area contributed by atoms with Crippen molar-refractivity contribution in [3.05, 3.63) is 42.4 Å². The van der Waals surface area contributed by atoms with Gasteiger partial charge in [-0.25, -0.2) is 9.78 Å². The topological polar surface area (TPSA) is 215 Å². The summed E-state index contributed by atoms with van der Waals surface area (Å²) >= 11 is 3.14. The number of rotatable bonds is 7. The Labute approximate surface area is 207 Å². The van der Waals surface area contributed by atoms with E-state index in [2.05, 4.69) is 25.5 Å². The molecule has 2 aromatic heterocycles. The first kappa shape index (κ1) is 24.5. The number of thioether (sulfide) groups is 2. The molecule has 4 heterocycles. The first-order valence-electron chi connectivity index (χ1n) is 9.52. The number of amides is 2. The number of fused-ring (bicyclic) bond motifs is 1. The van der Waals surface area contributed by atoms with Crippen LogP contribution in [0.15, 0.2) is 35.9 Å². The first-order valence-corrected chi connectivity index (χ1v) is 12.3. The second kappa shape index (κ2) is 9.55. The Morgan fingerprint density at radius 1 is 1.37 bits per heavy atom. The molecular weight excluding hydrogens is 524 g/mol. The van der Waals surface area contributed by atoms with Gasteiger partial charge in [-0.2, -0.15) is 4.98 Å². The number of aryl methyl sites for hydroxylation is 1. The molecule has 1 fully saturated rings. The zero-order valence-corrected chi connectivity index (χ0v) is 20.3. The van der Waals surface area contributed by atoms with Crippen LogP contribution in [0.3, 0.4) is 0 Å². The predicted molar refractivity (Wildman–Crippen MR) is 126 cm³/mol. The average Bonchev–Trinajstić information content (AvgIpc) is 3.24. The van der Waals surface area contributed by atoms with Crippen LogP contribution in [0.5, 0.6) is 0 Å². The summed E-state index contributed by atoms with van der Waals surface area (Å²) in [7, 11) is 2.68. The van der Waals surface area contributed by atoms with Crippen LogP contribution in [-0.2, 0) is 26.3 Å². The fourth-order valence-electron chi connectivity index (χ4n) is 3.23. The second-order valence-corrected chi connectivity index (χ2v) is 9.99. The molecule has 0 radical (unpaired) electrons. The summed E-state index contributed by atoms with van der Waals surface area (Å²) in [5.41, 5.74) is 3.34. The van der Waals surface area contributed by atoms with Crippen molar-refractivity contribution in [2.45, 2.75) is 16.6 Å². The quantitative estimate of drug-likeness (QED) is 0.134. The van der Waals surface area contributed by atoms with Gasteiger partial charge in [0.2, 0.25) is 0 Å². The molecule has 4 rings (SSSR count). The maximum absolute atomic E-state index is 12.9. The van der Waals surface area contributed by atoms with Gasteiger partial charge < -0.3 is 21.0 Å². The number of carboxylic acids is 1. The summed E-state index contributed by atoms with van der Waals surface area (Å²) < 4.78 is 1.18. The van der Waals surface area contributed by atoms with Gasteiger partial charge in [-0.15, -0.1) is 23.1 Å². The predicted octanol–water partition coefficient (Wildman–Crippen LogP) is -1.65. The van der Waals surface area contributed by atoms with Gasteiger partial charge in [0, 0.05) is 23.1 Å². The normalized spacial score (nSPS) is 19.8. The van der Waals surface area contributed by atoms with E-state index < -0.39 is 40.3 Å². The number of nitrogens with one attached hydrogen (secondary N) is 2. The first-order chi connectivity index (χ1) is 16.6. The maximum atomic E-state index is 12.9. The number of carbonyl (C=O) groups excluding carboxylic acids is 2. The number of β-lactam (4-membered cyclic amide) rings is 1. The van der Waals surface area contributed by atoms with Crippen LogP contribution in [-0.4, -0.2) is 77.5 Å². The van der Waals surface area contributed by atoms with Crippen molar-refractivity contribution in [2.75, 3.05) is 18.6 Å². The summed E-state index contributed by atoms with van der Waals surface area (Å²) in [6, 6.07) is -1.03. The van der Waals surface area contributed by atoms with Gasteiger partial charge in [-0.3, -0.25) is 33.9 Å². The molecule has 2 aliphatic rings. The summed E-state index contributed by atoms with van der Waals surface area (Å²) in [5.74, 6) is -2.62. The fraction of sp³-hybridized carbons (Fsp3) is 0.294. The number of carboxylic acid groups (broad SMARTS) is 1. The zero-order chi connectivity index (χ0) is 25.4. The van der Waals surface area contributed by atoms with Gasteiger partial charge in [0.15, 0.2) is 16.0 Å². The number of thiazole rings is 1. The number of anilines is 1. The van der Waals surface area contributed by atoms with Crippen LogP contribution in [0.25, 0.3) is 0 Å². The van der Waals surface area contributed by atoms with Gasteiger partial charge in [0.1, 0.15) is 29.9 Å². The van der Waals surface area contributed by atoms with Gasteiger partial charge in [-0.05, 0) is 0 Å². The Kier molecular flexibility index (Phi) is 6.68. The van der Waals surface area contributed by atoms with E-state index in [-0.39, 0.29) is 38.0 Å². The molecule has 0 aromatic carbocycles. The molecule has 1 saturated heterocycles. The number of aromatic amines is 1. The summed E-state index contributed by atoms with van der Waals surface area (Å²) in [6.07, 6.45) is 0. The third kappa shape index (κ3) is 4.54. The summed E-state index contributed by atoms with van der Waals surface area (Å²) in [4.78, 5) is 74.5. The van der Waals surface area contributed by atoms with Crippen molar-refractivity contribution in [1.29, 1.82) is 0 Å². The molecule has 1 unspecified atom stereocenters. The Morgan fingerprint density at radius 2 is 2.11 bits per heavy atom. The van der Waals surface area contributed by atoms with Crippen molar-refractivity contribution < 1.29 is 24.3 Å². The number of oxime groups is 1. The molecule has 2 aliphatic heterocycles. The van der Waals surface area contributed by atoms with Crippen LogP contribution in [0, 0.1) is 0 Å². The van der Waals surface area contributed by atoms with Gasteiger partial charge in [0.25, 0.3) is 11.8 Å². The van der Waals surface area contributed by atoms with Crippen LogP contribution in [0.2, 0.25) is 0 Å². The summed E-state index contributed by atoms with van der Waals surface area (Å²) in [6.45, 7) is 0. The number of carbonyl (C=O) groups is 3. The molecule has 0 aliphatic carbocycles. The van der Waals surface area contributed by atoms with E-state index in [1.54, 1.807) is 0 Å². The van der Waals surface area contributed by atoms with E-state index in [9.17, 15) is 29.1 Å². The number of aliphatic carboxylic acids is 1. The Hall–Kier alpha value is -3.64. The number of aromatic nitrogens is 4. The monoisotopic (exact) mass is 540 g/mol. The zero-order valence-electron chi connectivity index (χ0n) is 17.9. The third-order valence-corrected chi connectivity index (χ3v) is 8.02. The molecule has 2 amide bonds. The Morgan fingerprint density at radius 3 is 2.74 bits per heavy atom. The van der Waals surface area contributed by atoms with E-state index in [0.717, 1.165) is 28.0 Å². The SMILES string of the molecule is CO/N=C(\C(=O)NC1C(=O)N2C(C(=O)O)=C(Sc3nc(=O)c(=O)[nH]n3C)CS[C@@H]12)c1csc(N)n1. The Balaban J connectivity index is 1.57. The highest BCUT2D eigenvalue weighted by Crippen LogP contribution is 2.44. The number of nitrogen functional groups attached to an aromatic ring is 1. The number of hydrogen-bond acceptors (Lipinski definition) is 13. The third-order valence-electron chi connectivity index (χ3n) is 4.75. The lowest BCUT2D eigenvalue weighted by Gasteiger charge is -2.49. The van der Waals surface area contributed by atoms with Gasteiger partial charge >= 0.3 is 17.1 Å². The molecule has 5 N–H and O–H groups in total. The number of nitrogens with two attached hydrogens (primary N) is 1. The lowest BCUT2D eigenvalue weighted by Crippen LogP contribution is -2.71. The molecule has 0 saturated carbocycles. The molecule has 15 nitrogen and oxygen atoms in total. The molecule has 2 aromatic rings. The average molecular weight is 541 g/mol. The van der Waals surface area contributed by atoms with Crippen molar-refractivity contribution in [2.24, 2.45) is 12.2 Å². The van der Waals surface area contributed by atoms with Crippen molar-refractivity contribution in [3.63, 3.8) is 0 Å². The summed E-state index contributed by atoms with van der Waals surface area (Å²) in [5, 5.41) is 19.4. The standard InChI is InChI=1S/C17H16N8O7S3/c1-24-17(21-11(27)12(28)22-24)35-6-4-33-14-8(13(29)25(14)9(6)15(30)31)20-10(26)7(23-32-2)5-3-34-16(18)19-5/h3,8,14H,4H2,1-2H3,(H2,18,19)(H,20,26)(H,22,28)(H,30,31)/b23-7-/t8?,14-/m0/s1. The number of H-pyrrole nitrogens is 1. The Bertz CT molecular complexity index is 1410. The molecule has 18 heteroatoms. The largest absolute Gasteiger partial charge is 0.477 e. The molecule has 0 bridgehead atoms. The van der Waals surface area contributed by atoms with E-state index in [0.29, 0.717) is 0 Å². The van der Waals surface area contributed by atoms with E-state index in [1.807, 2.05) is 0 Å². The highest BCUT2D eigenvalue weighted by molar-refractivity contribution is 8.06. The van der Waals surface area contributed by atoms with Gasteiger partial charge in [0.05, 0.1) is 0 Å². The highest BCUT2D eigenvalue weighted by Gasteiger charge is 2.54. The molecule has 0 spiro atoms. The fourth-order valence-corrected chi connectivity index (χ4v) is 6.23. The highest BCUT2D eigenvalue weighted by atomic mass is 32.2. The van der Waals surface area contributed by atoms with Crippen LogP contribution in [0.1, 0.15) is 5.69 Å². The molecular formula is C17H16N8O7S3. The molecule has 35 heavy (non-hydrogen) atoms. The maximum Gasteiger partial charge on any atom is 0.353 e. The van der Waals surface area contributed by atoms with Crippen molar-refractivity contribution in [1.82, 2.24) is 30.0 Å². The van der Waals surface area contributed by atoms with Gasteiger partial charge in [-0.1, -0.05) is 16.9 Å². The van der Waals surface area contributed by atoms with Crippen molar-refractivity contribution in [3.8, 4) is 0 Å². The van der Waals surface area contributed by atoms with Crippen LogP contribution in [0.4, 0.5) is 5.13 Å².